The van der Waals surface area contributed by atoms with Gasteiger partial charge in [-0.15, -0.1) is 0 Å². The lowest BCUT2D eigenvalue weighted by Gasteiger charge is -2.46. The zero-order chi connectivity index (χ0) is 26.9. The van der Waals surface area contributed by atoms with Crippen LogP contribution in [0.25, 0.3) is 11.9 Å². The normalized spacial score (nSPS) is 28.6. The van der Waals surface area contributed by atoms with Crippen molar-refractivity contribution < 1.29 is 22.4 Å². The first-order valence-electron chi connectivity index (χ1n) is 12.3. The fourth-order valence-corrected chi connectivity index (χ4v) is 7.49. The summed E-state index contributed by atoms with van der Waals surface area (Å²) in [7, 11) is 0. The summed E-state index contributed by atoms with van der Waals surface area (Å²) in [6.45, 7) is 0.159. The summed E-state index contributed by atoms with van der Waals surface area (Å²) in [5.41, 5.74) is 8.52. The number of alkyl halides is 3. The number of aliphatic imine (C=N–C) groups is 1. The van der Waals surface area contributed by atoms with E-state index in [2.05, 4.69) is 4.98 Å². The molecule has 3 heterocycles. The molecule has 2 aliphatic heterocycles. The second-order valence-corrected chi connectivity index (χ2v) is 11.7. The summed E-state index contributed by atoms with van der Waals surface area (Å²) in [5.74, 6) is -2.21. The molecule has 1 amide bonds. The second-order valence-electron chi connectivity index (χ2n) is 10.4. The van der Waals surface area contributed by atoms with Crippen molar-refractivity contribution in [3.05, 3.63) is 64.5 Å². The Morgan fingerprint density at radius 2 is 2.00 bits per heavy atom. The maximum absolute atomic E-state index is 14.9. The van der Waals surface area contributed by atoms with Crippen LogP contribution in [0.5, 0.6) is 0 Å². The number of benzene rings is 1. The van der Waals surface area contributed by atoms with Gasteiger partial charge in [-0.25, -0.2) is 4.39 Å². The van der Waals surface area contributed by atoms with Gasteiger partial charge in [-0.1, -0.05) is 23.9 Å². The van der Waals surface area contributed by atoms with Gasteiger partial charge >= 0.3 is 6.18 Å². The first-order chi connectivity index (χ1) is 18.1. The predicted octanol–water partition coefficient (Wildman–Crippen LogP) is 4.79. The van der Waals surface area contributed by atoms with Crippen LogP contribution in [0.15, 0.2) is 41.5 Å². The van der Waals surface area contributed by atoms with Crippen LogP contribution in [0.4, 0.5) is 17.6 Å². The number of nitrogens with two attached hydrogens (primary N) is 1. The zero-order valence-corrected chi connectivity index (χ0v) is 20.9. The van der Waals surface area contributed by atoms with E-state index in [4.69, 9.17) is 16.0 Å². The van der Waals surface area contributed by atoms with Gasteiger partial charge in [0, 0.05) is 31.6 Å². The Labute approximate surface area is 220 Å². The standard InChI is InChI=1S/C27H23F4N5OS/c28-20(21-4-2-16(13-32)14-34-21)10-15-1-3-17-11-25(19(17)9-15)22-12-26(22,38-24(33)35-25)23(37)36-7-5-18(6-8-36)27(29,30)31/h1-4,9-10,14,18,22H,5-8,11-12H2,(H2,33,35)/b20-10-/t22-,25+,26-/m0/s1. The minimum absolute atomic E-state index is 0.0796. The van der Waals surface area contributed by atoms with E-state index in [-0.39, 0.29) is 48.6 Å². The monoisotopic (exact) mass is 541 g/mol. The minimum Gasteiger partial charge on any atom is -0.378 e. The van der Waals surface area contributed by atoms with Gasteiger partial charge in [-0.3, -0.25) is 14.8 Å². The lowest BCUT2D eigenvalue weighted by atomic mass is 9.66. The van der Waals surface area contributed by atoms with Crippen molar-refractivity contribution in [2.45, 2.75) is 42.1 Å². The molecule has 11 heteroatoms. The number of nitriles is 1. The molecule has 0 radical (unpaired) electrons. The van der Waals surface area contributed by atoms with Crippen molar-refractivity contribution in [3.63, 3.8) is 0 Å². The van der Waals surface area contributed by atoms with E-state index in [0.717, 1.165) is 11.1 Å². The Morgan fingerprint density at radius 3 is 2.66 bits per heavy atom. The van der Waals surface area contributed by atoms with Gasteiger partial charge in [0.05, 0.1) is 22.7 Å². The lowest BCUT2D eigenvalue weighted by molar-refractivity contribution is -0.186. The molecule has 1 aromatic heterocycles. The van der Waals surface area contributed by atoms with Crippen LogP contribution >= 0.6 is 11.8 Å². The Morgan fingerprint density at radius 1 is 1.24 bits per heavy atom. The highest BCUT2D eigenvalue weighted by Gasteiger charge is 2.74. The molecule has 2 aromatic rings. The number of amidine groups is 1. The number of carbonyl (C=O) groups excluding carboxylic acids is 1. The molecule has 38 heavy (non-hydrogen) atoms. The highest BCUT2D eigenvalue weighted by atomic mass is 32.2. The molecule has 0 unspecified atom stereocenters. The van der Waals surface area contributed by atoms with E-state index in [9.17, 15) is 22.4 Å². The molecule has 3 atom stereocenters. The van der Waals surface area contributed by atoms with Crippen molar-refractivity contribution in [3.8, 4) is 6.07 Å². The fraction of sp³-hybridized carbons (Fsp3) is 0.407. The zero-order valence-electron chi connectivity index (χ0n) is 20.1. The van der Waals surface area contributed by atoms with Crippen LogP contribution in [-0.4, -0.2) is 45.0 Å². The first kappa shape index (κ1) is 24.9. The molecule has 2 fully saturated rings. The average molecular weight is 542 g/mol. The number of hydrogen-bond donors (Lipinski definition) is 1. The highest BCUT2D eigenvalue weighted by molar-refractivity contribution is 8.15. The number of carbonyl (C=O) groups is 1. The smallest absolute Gasteiger partial charge is 0.378 e. The Hall–Kier alpha value is -3.39. The maximum Gasteiger partial charge on any atom is 0.391 e. The average Bonchev–Trinajstić information content (AvgIpc) is 3.64. The van der Waals surface area contributed by atoms with Crippen molar-refractivity contribution in [1.82, 2.24) is 9.88 Å². The topological polar surface area (TPSA) is 95.4 Å². The number of thioether (sulfide) groups is 1. The van der Waals surface area contributed by atoms with Crippen LogP contribution < -0.4 is 5.73 Å². The number of rotatable bonds is 3. The minimum atomic E-state index is -4.24. The molecular weight excluding hydrogens is 518 g/mol. The summed E-state index contributed by atoms with van der Waals surface area (Å²) < 4.78 is 53.4. The molecular formula is C27H23F4N5OS. The number of fused-ring (bicyclic) bond motifs is 4. The van der Waals surface area contributed by atoms with Gasteiger partial charge in [0.25, 0.3) is 0 Å². The number of aromatic nitrogens is 1. The number of piperidine rings is 1. The Balaban J connectivity index is 1.24. The third kappa shape index (κ3) is 3.88. The predicted molar refractivity (Wildman–Crippen MR) is 135 cm³/mol. The fourth-order valence-electron chi connectivity index (χ4n) is 6.11. The van der Waals surface area contributed by atoms with Crippen molar-refractivity contribution in [1.29, 1.82) is 5.26 Å². The summed E-state index contributed by atoms with van der Waals surface area (Å²) in [6, 6.07) is 10.5. The van der Waals surface area contributed by atoms with Crippen molar-refractivity contribution in [2.24, 2.45) is 22.6 Å². The summed E-state index contributed by atoms with van der Waals surface area (Å²) in [5, 5.41) is 9.20. The lowest BCUT2D eigenvalue weighted by Crippen LogP contribution is -2.52. The van der Waals surface area contributed by atoms with Gasteiger partial charge < -0.3 is 10.6 Å². The molecule has 6 nitrogen and oxygen atoms in total. The van der Waals surface area contributed by atoms with Crippen LogP contribution in [0, 0.1) is 23.2 Å². The molecule has 196 valence electrons. The Kier molecular flexibility index (Phi) is 5.61. The van der Waals surface area contributed by atoms with E-state index < -0.39 is 28.2 Å². The van der Waals surface area contributed by atoms with E-state index >= 15 is 0 Å². The molecule has 1 aromatic carbocycles. The van der Waals surface area contributed by atoms with E-state index in [0.29, 0.717) is 24.0 Å². The van der Waals surface area contributed by atoms with Crippen molar-refractivity contribution >= 4 is 34.7 Å². The van der Waals surface area contributed by atoms with Gasteiger partial charge in [-0.05, 0) is 60.2 Å². The first-order valence-corrected chi connectivity index (χ1v) is 13.1. The van der Waals surface area contributed by atoms with E-state index in [1.165, 1.54) is 36.2 Å². The number of halogens is 4. The number of likely N-dealkylation sites (tertiary alicyclic amines) is 1. The number of amides is 1. The van der Waals surface area contributed by atoms with Gasteiger partial charge in [0.2, 0.25) is 5.91 Å². The third-order valence-corrected chi connectivity index (χ3v) is 9.47. The largest absolute Gasteiger partial charge is 0.391 e. The van der Waals surface area contributed by atoms with Crippen molar-refractivity contribution in [2.75, 3.05) is 13.1 Å². The van der Waals surface area contributed by atoms with E-state index in [1.807, 2.05) is 18.2 Å². The third-order valence-electron chi connectivity index (χ3n) is 8.18. The van der Waals surface area contributed by atoms with Crippen LogP contribution in [-0.2, 0) is 16.8 Å². The van der Waals surface area contributed by atoms with Crippen LogP contribution in [0.2, 0.25) is 0 Å². The SMILES string of the molecule is N#Cc1ccc(/C(F)=C/c2ccc3c(c2)[C@@]2(C3)N=C(N)S[C@@]3(C(=O)N4CCC(C(F)(F)F)CC4)C[C@H]32)nc1. The molecule has 2 N–H and O–H groups in total. The molecule has 0 bridgehead atoms. The van der Waals surface area contributed by atoms with Crippen LogP contribution in [0.3, 0.4) is 0 Å². The highest BCUT2D eigenvalue weighted by Crippen LogP contribution is 2.70. The number of hydrogen-bond acceptors (Lipinski definition) is 6. The van der Waals surface area contributed by atoms with E-state index in [1.54, 1.807) is 11.0 Å². The molecule has 6 rings (SSSR count). The molecule has 2 aliphatic carbocycles. The quantitative estimate of drug-likeness (QED) is 0.564. The number of pyridine rings is 1. The molecule has 1 saturated carbocycles. The van der Waals surface area contributed by atoms with Gasteiger partial charge in [0.15, 0.2) is 5.17 Å². The van der Waals surface area contributed by atoms with Crippen LogP contribution in [0.1, 0.15) is 47.2 Å². The number of nitrogens with zero attached hydrogens (tertiary/aromatic N) is 4. The molecule has 1 saturated heterocycles. The molecule has 4 aliphatic rings. The second kappa shape index (κ2) is 8.56. The van der Waals surface area contributed by atoms with Gasteiger partial charge in [0.1, 0.15) is 16.6 Å². The maximum atomic E-state index is 14.9. The molecule has 1 spiro atoms. The van der Waals surface area contributed by atoms with Gasteiger partial charge in [-0.2, -0.15) is 18.4 Å². The Bertz CT molecular complexity index is 1420. The summed E-state index contributed by atoms with van der Waals surface area (Å²) >= 11 is 1.22. The summed E-state index contributed by atoms with van der Waals surface area (Å²) in [4.78, 5) is 23.9. The summed E-state index contributed by atoms with van der Waals surface area (Å²) in [6.07, 6.45) is -0.607.